The first kappa shape index (κ1) is 18.0. The number of thioether (sulfide) groups is 1. The van der Waals surface area contributed by atoms with Crippen LogP contribution in [-0.2, 0) is 4.79 Å². The molecule has 2 aromatic rings. The van der Waals surface area contributed by atoms with Gasteiger partial charge in [0, 0.05) is 23.6 Å². The van der Waals surface area contributed by atoms with Crippen LogP contribution in [0.2, 0.25) is 0 Å². The first-order valence-electron chi connectivity index (χ1n) is 8.36. The van der Waals surface area contributed by atoms with E-state index in [0.717, 1.165) is 17.0 Å². The van der Waals surface area contributed by atoms with Crippen molar-refractivity contribution < 1.29 is 4.79 Å². The number of benzene rings is 1. The Bertz CT molecular complexity index is 909. The van der Waals surface area contributed by atoms with E-state index in [2.05, 4.69) is 56.5 Å². The lowest BCUT2D eigenvalue weighted by Gasteiger charge is -2.14. The fourth-order valence-corrected chi connectivity index (χ4v) is 4.57. The van der Waals surface area contributed by atoms with Crippen molar-refractivity contribution in [2.24, 2.45) is 0 Å². The zero-order valence-corrected chi connectivity index (χ0v) is 16.8. The summed E-state index contributed by atoms with van der Waals surface area (Å²) >= 11 is 6.69. The molecule has 5 heteroatoms. The van der Waals surface area contributed by atoms with Crippen LogP contribution in [0.3, 0.4) is 0 Å². The molecule has 25 heavy (non-hydrogen) atoms. The lowest BCUT2D eigenvalue weighted by Crippen LogP contribution is -2.27. The van der Waals surface area contributed by atoms with Gasteiger partial charge in [-0.15, -0.1) is 0 Å². The van der Waals surface area contributed by atoms with Crippen molar-refractivity contribution in [3.8, 4) is 5.69 Å². The Morgan fingerprint density at radius 1 is 1.20 bits per heavy atom. The Hall–Kier alpha value is -1.85. The summed E-state index contributed by atoms with van der Waals surface area (Å²) in [4.78, 5) is 14.8. The number of thiocarbonyl (C=S) groups is 1. The number of aryl methyl sites for hydroxylation is 2. The van der Waals surface area contributed by atoms with E-state index in [1.54, 1.807) is 4.90 Å². The molecule has 0 spiro atoms. The number of likely N-dealkylation sites (N-methyl/N-ethyl adjacent to an activating group) is 1. The van der Waals surface area contributed by atoms with Crippen LogP contribution in [-0.4, -0.2) is 26.2 Å². The molecule has 1 aliphatic heterocycles. The van der Waals surface area contributed by atoms with Crippen LogP contribution in [0.4, 0.5) is 0 Å². The summed E-state index contributed by atoms with van der Waals surface area (Å²) < 4.78 is 2.90. The van der Waals surface area contributed by atoms with Crippen molar-refractivity contribution in [1.82, 2.24) is 9.47 Å². The normalized spacial score (nSPS) is 16.4. The average molecular weight is 371 g/mol. The lowest BCUT2D eigenvalue weighted by molar-refractivity contribution is -0.121. The second-order valence-electron chi connectivity index (χ2n) is 6.31. The number of aromatic nitrogens is 1. The molecule has 0 atom stereocenters. The van der Waals surface area contributed by atoms with E-state index in [1.165, 1.54) is 28.6 Å². The van der Waals surface area contributed by atoms with E-state index in [0.29, 0.717) is 15.8 Å². The Kier molecular flexibility index (Phi) is 4.89. The molecule has 1 amide bonds. The van der Waals surface area contributed by atoms with Gasteiger partial charge in [0.25, 0.3) is 5.91 Å². The van der Waals surface area contributed by atoms with E-state index in [9.17, 15) is 4.79 Å². The van der Waals surface area contributed by atoms with Crippen LogP contribution in [0.15, 0.2) is 29.2 Å². The summed E-state index contributed by atoms with van der Waals surface area (Å²) in [7, 11) is 0. The summed E-state index contributed by atoms with van der Waals surface area (Å²) in [6, 6.07) is 8.49. The van der Waals surface area contributed by atoms with Gasteiger partial charge in [-0.25, -0.2) is 0 Å². The van der Waals surface area contributed by atoms with Gasteiger partial charge in [-0.1, -0.05) is 36.1 Å². The van der Waals surface area contributed by atoms with Crippen molar-refractivity contribution in [2.45, 2.75) is 34.6 Å². The minimum absolute atomic E-state index is 0.00837. The van der Waals surface area contributed by atoms with Gasteiger partial charge in [0.1, 0.15) is 4.32 Å². The number of hydrogen-bond acceptors (Lipinski definition) is 3. The SMILES string of the molecule is CCN1C(=O)/C(=C/c2cc(C)n(-c3cccc(C)c3C)c2C)SC1=S. The minimum atomic E-state index is 0.00837. The maximum Gasteiger partial charge on any atom is 0.266 e. The Morgan fingerprint density at radius 3 is 2.56 bits per heavy atom. The van der Waals surface area contributed by atoms with E-state index in [-0.39, 0.29) is 5.91 Å². The van der Waals surface area contributed by atoms with Crippen molar-refractivity contribution in [2.75, 3.05) is 6.54 Å². The molecule has 1 aromatic carbocycles. The van der Waals surface area contributed by atoms with E-state index in [4.69, 9.17) is 12.2 Å². The number of carbonyl (C=O) groups is 1. The van der Waals surface area contributed by atoms with Crippen molar-refractivity contribution in [3.05, 3.63) is 57.2 Å². The topological polar surface area (TPSA) is 25.2 Å². The smallest absolute Gasteiger partial charge is 0.266 e. The van der Waals surface area contributed by atoms with Gasteiger partial charge in [-0.3, -0.25) is 9.69 Å². The molecule has 1 aliphatic rings. The second kappa shape index (κ2) is 6.81. The lowest BCUT2D eigenvalue weighted by atomic mass is 10.1. The molecule has 1 aromatic heterocycles. The first-order valence-corrected chi connectivity index (χ1v) is 9.58. The number of carbonyl (C=O) groups excluding carboxylic acids is 1. The molecule has 130 valence electrons. The molecule has 3 nitrogen and oxygen atoms in total. The monoisotopic (exact) mass is 370 g/mol. The fourth-order valence-electron chi connectivity index (χ4n) is 3.20. The van der Waals surface area contributed by atoms with Gasteiger partial charge in [0.05, 0.1) is 4.91 Å². The molecule has 1 fully saturated rings. The number of rotatable bonds is 3. The third kappa shape index (κ3) is 3.07. The highest BCUT2D eigenvalue weighted by Crippen LogP contribution is 2.34. The largest absolute Gasteiger partial charge is 0.318 e. The minimum Gasteiger partial charge on any atom is -0.318 e. The molecule has 0 aliphatic carbocycles. The number of nitrogens with zero attached hydrogens (tertiary/aromatic N) is 2. The predicted molar refractivity (Wildman–Crippen MR) is 110 cm³/mol. The Morgan fingerprint density at radius 2 is 1.92 bits per heavy atom. The van der Waals surface area contributed by atoms with E-state index >= 15 is 0 Å². The maximum atomic E-state index is 12.5. The van der Waals surface area contributed by atoms with Crippen molar-refractivity contribution >= 4 is 40.3 Å². The summed E-state index contributed by atoms with van der Waals surface area (Å²) in [5.41, 5.74) is 7.09. The number of hydrogen-bond donors (Lipinski definition) is 0. The summed E-state index contributed by atoms with van der Waals surface area (Å²) in [6.45, 7) is 11.0. The molecule has 1 saturated heterocycles. The van der Waals surface area contributed by atoms with Crippen LogP contribution < -0.4 is 0 Å². The highest BCUT2D eigenvalue weighted by atomic mass is 32.2. The molecule has 0 N–H and O–H groups in total. The summed E-state index contributed by atoms with van der Waals surface area (Å²) in [6.07, 6.45) is 1.97. The van der Waals surface area contributed by atoms with Crippen LogP contribution in [0, 0.1) is 27.7 Å². The Balaban J connectivity index is 2.07. The molecule has 3 rings (SSSR count). The van der Waals surface area contributed by atoms with E-state index in [1.807, 2.05) is 13.0 Å². The third-order valence-electron chi connectivity index (χ3n) is 4.76. The zero-order chi connectivity index (χ0) is 18.3. The highest BCUT2D eigenvalue weighted by molar-refractivity contribution is 8.26. The number of amides is 1. The molecule has 0 unspecified atom stereocenters. The molecule has 2 heterocycles. The van der Waals surface area contributed by atoms with Gasteiger partial charge in [0.2, 0.25) is 0 Å². The van der Waals surface area contributed by atoms with E-state index < -0.39 is 0 Å². The molecule has 0 bridgehead atoms. The summed E-state index contributed by atoms with van der Waals surface area (Å²) in [5, 5.41) is 0. The van der Waals surface area contributed by atoms with Crippen molar-refractivity contribution in [3.63, 3.8) is 0 Å². The van der Waals surface area contributed by atoms with Crippen molar-refractivity contribution in [1.29, 1.82) is 0 Å². The quantitative estimate of drug-likeness (QED) is 0.566. The third-order valence-corrected chi connectivity index (χ3v) is 6.14. The molecular formula is C20H22N2OS2. The van der Waals surface area contributed by atoms with Gasteiger partial charge in [-0.2, -0.15) is 0 Å². The standard InChI is InChI=1S/C20H22N2OS2/c1-6-21-19(23)18(25-20(21)24)11-16-10-13(3)22(15(16)5)17-9-7-8-12(2)14(17)4/h7-11H,6H2,1-5H3/b18-11-. The van der Waals surface area contributed by atoms with Gasteiger partial charge < -0.3 is 4.57 Å². The van der Waals surface area contributed by atoms with Gasteiger partial charge in [0.15, 0.2) is 0 Å². The maximum absolute atomic E-state index is 12.5. The second-order valence-corrected chi connectivity index (χ2v) is 7.98. The first-order chi connectivity index (χ1) is 11.8. The van der Waals surface area contributed by atoms with Crippen LogP contribution in [0.25, 0.3) is 11.8 Å². The van der Waals surface area contributed by atoms with Gasteiger partial charge >= 0.3 is 0 Å². The van der Waals surface area contributed by atoms with Crippen LogP contribution >= 0.6 is 24.0 Å². The summed E-state index contributed by atoms with van der Waals surface area (Å²) in [5.74, 6) is 0.00837. The predicted octanol–water partition coefficient (Wildman–Crippen LogP) is 4.93. The molecular weight excluding hydrogens is 348 g/mol. The molecule has 0 radical (unpaired) electrons. The zero-order valence-electron chi connectivity index (χ0n) is 15.2. The average Bonchev–Trinajstić information content (AvgIpc) is 2.99. The Labute approximate surface area is 158 Å². The highest BCUT2D eigenvalue weighted by Gasteiger charge is 2.30. The van der Waals surface area contributed by atoms with Gasteiger partial charge in [-0.05, 0) is 69.5 Å². The van der Waals surface area contributed by atoms with Crippen LogP contribution in [0.5, 0.6) is 0 Å². The molecule has 0 saturated carbocycles. The fraction of sp³-hybridized carbons (Fsp3) is 0.300. The van der Waals surface area contributed by atoms with Crippen LogP contribution in [0.1, 0.15) is 35.0 Å².